The van der Waals surface area contributed by atoms with Crippen LogP contribution in [0.4, 0.5) is 10.1 Å². The lowest BCUT2D eigenvalue weighted by Crippen LogP contribution is -2.20. The van der Waals surface area contributed by atoms with E-state index in [-0.39, 0.29) is 11.6 Å². The fourth-order valence-corrected chi connectivity index (χ4v) is 3.58. The first-order valence-electron chi connectivity index (χ1n) is 7.06. The maximum atomic E-state index is 13.0. The Morgan fingerprint density at radius 2 is 2.04 bits per heavy atom. The molecule has 0 fully saturated rings. The van der Waals surface area contributed by atoms with Gasteiger partial charge in [0.2, 0.25) is 0 Å². The van der Waals surface area contributed by atoms with Crippen LogP contribution in [0.1, 0.15) is 0 Å². The predicted octanol–water partition coefficient (Wildman–Crippen LogP) is 5.30. The Labute approximate surface area is 166 Å². The van der Waals surface area contributed by atoms with Crippen LogP contribution >= 0.6 is 45.8 Å². The third kappa shape index (κ3) is 4.13. The van der Waals surface area contributed by atoms with Gasteiger partial charge in [-0.25, -0.2) is 4.39 Å². The van der Waals surface area contributed by atoms with Crippen molar-refractivity contribution >= 4 is 68.3 Å². The molecule has 3 aromatic rings. The number of hydrogen-bond donors (Lipinski definition) is 1. The van der Waals surface area contributed by atoms with E-state index in [0.29, 0.717) is 22.0 Å². The summed E-state index contributed by atoms with van der Waals surface area (Å²) in [4.78, 5) is 16.4. The second-order valence-corrected chi connectivity index (χ2v) is 7.01. The van der Waals surface area contributed by atoms with Crippen molar-refractivity contribution < 1.29 is 13.9 Å². The van der Waals surface area contributed by atoms with Crippen molar-refractivity contribution in [3.63, 3.8) is 0 Å². The van der Waals surface area contributed by atoms with Gasteiger partial charge in [-0.2, -0.15) is 0 Å². The van der Waals surface area contributed by atoms with Gasteiger partial charge in [0, 0.05) is 11.6 Å². The first-order chi connectivity index (χ1) is 12.0. The molecule has 0 aliphatic heterocycles. The second-order valence-electron chi connectivity index (χ2n) is 5.03. The van der Waals surface area contributed by atoms with Gasteiger partial charge < -0.3 is 10.1 Å². The number of anilines is 1. The normalized spacial score (nSPS) is 10.7. The molecule has 0 spiro atoms. The topological polar surface area (TPSA) is 51.2 Å². The van der Waals surface area contributed by atoms with Gasteiger partial charge in [0.25, 0.3) is 5.91 Å². The van der Waals surface area contributed by atoms with E-state index in [9.17, 15) is 9.18 Å². The molecule has 25 heavy (non-hydrogen) atoms. The molecule has 8 heteroatoms. The lowest BCUT2D eigenvalue weighted by Gasteiger charge is -2.12. The number of fused-ring (bicyclic) bond motifs is 1. The van der Waals surface area contributed by atoms with Crippen LogP contribution < -0.4 is 10.1 Å². The van der Waals surface area contributed by atoms with E-state index in [4.69, 9.17) is 27.9 Å². The van der Waals surface area contributed by atoms with Crippen LogP contribution in [0, 0.1) is 9.39 Å². The van der Waals surface area contributed by atoms with Gasteiger partial charge in [0.1, 0.15) is 11.3 Å². The Bertz CT molecular complexity index is 969. The summed E-state index contributed by atoms with van der Waals surface area (Å²) in [6, 6.07) is 9.06. The number of rotatable bonds is 4. The Morgan fingerprint density at radius 3 is 2.80 bits per heavy atom. The van der Waals surface area contributed by atoms with Crippen LogP contribution in [0.25, 0.3) is 10.9 Å². The molecular formula is C17H10Cl2FIN2O2. The van der Waals surface area contributed by atoms with Crippen LogP contribution in [0.15, 0.2) is 42.6 Å². The number of nitrogens with one attached hydrogen (secondary N) is 1. The van der Waals surface area contributed by atoms with Crippen LogP contribution in [0.2, 0.25) is 10.0 Å². The summed E-state index contributed by atoms with van der Waals surface area (Å²) in [7, 11) is 0. The molecule has 0 saturated carbocycles. The summed E-state index contributed by atoms with van der Waals surface area (Å²) < 4.78 is 19.4. The van der Waals surface area contributed by atoms with E-state index in [0.717, 1.165) is 15.0 Å². The number of hydrogen-bond acceptors (Lipinski definition) is 3. The molecule has 0 atom stereocenters. The molecule has 0 aliphatic carbocycles. The largest absolute Gasteiger partial charge is 0.480 e. The summed E-state index contributed by atoms with van der Waals surface area (Å²) in [5.74, 6) is -0.434. The number of halogens is 4. The van der Waals surface area contributed by atoms with Gasteiger partial charge in [0.15, 0.2) is 12.4 Å². The van der Waals surface area contributed by atoms with E-state index >= 15 is 0 Å². The summed E-state index contributed by atoms with van der Waals surface area (Å²) in [5.41, 5.74) is 0.887. The number of pyridine rings is 1. The number of aromatic nitrogens is 1. The molecule has 3 rings (SSSR count). The van der Waals surface area contributed by atoms with Crippen molar-refractivity contribution in [3.05, 3.63) is 62.0 Å². The summed E-state index contributed by atoms with van der Waals surface area (Å²) >= 11 is 14.2. The lowest BCUT2D eigenvalue weighted by atomic mass is 10.2. The van der Waals surface area contributed by atoms with Crippen molar-refractivity contribution in [1.29, 1.82) is 0 Å². The molecule has 0 saturated heterocycles. The second kappa shape index (κ2) is 7.72. The van der Waals surface area contributed by atoms with Gasteiger partial charge in [-0.1, -0.05) is 23.2 Å². The highest BCUT2D eigenvalue weighted by Crippen LogP contribution is 2.34. The maximum absolute atomic E-state index is 13.0. The molecule has 4 nitrogen and oxygen atoms in total. The average molecular weight is 491 g/mol. The average Bonchev–Trinajstić information content (AvgIpc) is 2.57. The third-order valence-electron chi connectivity index (χ3n) is 3.30. The van der Waals surface area contributed by atoms with Crippen LogP contribution in [-0.2, 0) is 4.79 Å². The first kappa shape index (κ1) is 18.2. The molecule has 1 N–H and O–H groups in total. The quantitative estimate of drug-likeness (QED) is 0.505. The van der Waals surface area contributed by atoms with Crippen LogP contribution in [0.3, 0.4) is 0 Å². The minimum Gasteiger partial charge on any atom is -0.480 e. The first-order valence-corrected chi connectivity index (χ1v) is 8.89. The molecule has 1 amide bonds. The number of ether oxygens (including phenoxy) is 1. The van der Waals surface area contributed by atoms with E-state index in [1.807, 2.05) is 6.07 Å². The number of nitrogens with zero attached hydrogens (tertiary/aromatic N) is 1. The Morgan fingerprint density at radius 1 is 1.24 bits per heavy atom. The van der Waals surface area contributed by atoms with E-state index < -0.39 is 11.7 Å². The maximum Gasteiger partial charge on any atom is 0.262 e. The summed E-state index contributed by atoms with van der Waals surface area (Å²) in [5, 5.41) is 3.98. The highest BCUT2D eigenvalue weighted by Gasteiger charge is 2.14. The van der Waals surface area contributed by atoms with Gasteiger partial charge in [-0.3, -0.25) is 9.78 Å². The van der Waals surface area contributed by atoms with Crippen molar-refractivity contribution in [2.45, 2.75) is 0 Å². The van der Waals surface area contributed by atoms with Gasteiger partial charge >= 0.3 is 0 Å². The number of benzene rings is 2. The van der Waals surface area contributed by atoms with Crippen molar-refractivity contribution in [2.75, 3.05) is 11.9 Å². The smallest absolute Gasteiger partial charge is 0.262 e. The highest BCUT2D eigenvalue weighted by molar-refractivity contribution is 14.1. The van der Waals surface area contributed by atoms with E-state index in [1.165, 1.54) is 12.1 Å². The Hall–Kier alpha value is -1.64. The third-order valence-corrected chi connectivity index (χ3v) is 4.73. The van der Waals surface area contributed by atoms with Crippen molar-refractivity contribution in [1.82, 2.24) is 4.98 Å². The summed E-state index contributed by atoms with van der Waals surface area (Å²) in [6.07, 6.45) is 1.62. The minimum atomic E-state index is -0.479. The molecule has 2 aromatic carbocycles. The molecule has 0 bridgehead atoms. The Balaban J connectivity index is 1.77. The zero-order valence-electron chi connectivity index (χ0n) is 12.5. The molecule has 0 aliphatic rings. The Kier molecular flexibility index (Phi) is 5.61. The number of carbonyl (C=O) groups is 1. The van der Waals surface area contributed by atoms with Crippen LogP contribution in [-0.4, -0.2) is 17.5 Å². The zero-order valence-corrected chi connectivity index (χ0v) is 16.2. The van der Waals surface area contributed by atoms with Crippen molar-refractivity contribution in [3.8, 4) is 5.75 Å². The zero-order chi connectivity index (χ0) is 18.0. The fraction of sp³-hybridized carbons (Fsp3) is 0.0588. The lowest BCUT2D eigenvalue weighted by molar-refractivity contribution is -0.118. The van der Waals surface area contributed by atoms with Crippen molar-refractivity contribution in [2.24, 2.45) is 0 Å². The molecule has 1 heterocycles. The van der Waals surface area contributed by atoms with Gasteiger partial charge in [-0.15, -0.1) is 0 Å². The van der Waals surface area contributed by atoms with E-state index in [1.54, 1.807) is 18.3 Å². The highest BCUT2D eigenvalue weighted by atomic mass is 127. The molecule has 0 unspecified atom stereocenters. The van der Waals surface area contributed by atoms with Crippen LogP contribution in [0.5, 0.6) is 5.75 Å². The SMILES string of the molecule is O=C(COc1c(I)cc(Cl)c2cccnc12)Nc1ccc(F)cc1Cl. The monoisotopic (exact) mass is 490 g/mol. The van der Waals surface area contributed by atoms with E-state index in [2.05, 4.69) is 32.9 Å². The van der Waals surface area contributed by atoms with Gasteiger partial charge in [-0.05, 0) is 59.0 Å². The van der Waals surface area contributed by atoms with Gasteiger partial charge in [0.05, 0.1) is 19.3 Å². The molecular weight excluding hydrogens is 481 g/mol. The minimum absolute atomic E-state index is 0.113. The molecule has 0 radical (unpaired) electrons. The predicted molar refractivity (Wildman–Crippen MR) is 105 cm³/mol. The molecule has 128 valence electrons. The summed E-state index contributed by atoms with van der Waals surface area (Å²) in [6.45, 7) is -0.253. The fourth-order valence-electron chi connectivity index (χ4n) is 2.20. The standard InChI is InChI=1S/C17H10Cl2FIN2O2/c18-11-7-13(21)17(16-10(11)2-1-5-22-16)25-8-15(24)23-14-4-3-9(20)6-12(14)19/h1-7H,8H2,(H,23,24). The number of carbonyl (C=O) groups excluding carboxylic acids is 1. The molecule has 1 aromatic heterocycles. The number of amides is 1.